The summed E-state index contributed by atoms with van der Waals surface area (Å²) in [6, 6.07) is 0. The van der Waals surface area contributed by atoms with Gasteiger partial charge < -0.3 is 9.47 Å². The van der Waals surface area contributed by atoms with E-state index in [0.29, 0.717) is 11.2 Å². The zero-order valence-corrected chi connectivity index (χ0v) is 12.8. The van der Waals surface area contributed by atoms with Crippen molar-refractivity contribution in [3.05, 3.63) is 20.8 Å². The van der Waals surface area contributed by atoms with Crippen molar-refractivity contribution in [2.45, 2.75) is 32.7 Å². The van der Waals surface area contributed by atoms with E-state index in [1.165, 1.54) is 11.6 Å². The number of aromatic nitrogens is 4. The molecule has 1 saturated heterocycles. The lowest BCUT2D eigenvalue weighted by molar-refractivity contribution is 0.667. The third kappa shape index (κ3) is 1.99. The molecule has 0 aromatic carbocycles. The Kier molecular flexibility index (Phi) is 3.35. The van der Waals surface area contributed by atoms with Crippen molar-refractivity contribution < 1.29 is 0 Å². The highest BCUT2D eigenvalue weighted by molar-refractivity contribution is 5.74. The fourth-order valence-corrected chi connectivity index (χ4v) is 3.03. The molecular formula is C14H21N5O2. The van der Waals surface area contributed by atoms with Crippen molar-refractivity contribution in [2.75, 3.05) is 18.0 Å². The van der Waals surface area contributed by atoms with Gasteiger partial charge in [0.25, 0.3) is 5.56 Å². The van der Waals surface area contributed by atoms with Gasteiger partial charge in [-0.15, -0.1) is 0 Å². The van der Waals surface area contributed by atoms with Crippen LogP contribution in [-0.4, -0.2) is 31.8 Å². The van der Waals surface area contributed by atoms with E-state index in [0.717, 1.165) is 49.4 Å². The predicted octanol–water partition coefficient (Wildman–Crippen LogP) is 0.444. The first-order valence-corrected chi connectivity index (χ1v) is 7.47. The Hall–Kier alpha value is -2.05. The second-order valence-corrected chi connectivity index (χ2v) is 5.64. The lowest BCUT2D eigenvalue weighted by Gasteiger charge is -2.17. The molecule has 0 radical (unpaired) electrons. The lowest BCUT2D eigenvalue weighted by Crippen LogP contribution is -2.37. The van der Waals surface area contributed by atoms with Crippen LogP contribution in [0.4, 0.5) is 5.95 Å². The van der Waals surface area contributed by atoms with Crippen LogP contribution in [0.5, 0.6) is 0 Å². The van der Waals surface area contributed by atoms with E-state index in [2.05, 4.69) is 16.8 Å². The van der Waals surface area contributed by atoms with Crippen molar-refractivity contribution >= 4 is 17.1 Å². The second-order valence-electron chi connectivity index (χ2n) is 5.64. The number of hydrogen-bond acceptors (Lipinski definition) is 4. The fraction of sp³-hybridized carbons (Fsp3) is 0.643. The molecule has 1 fully saturated rings. The number of nitrogens with zero attached hydrogens (tertiary/aromatic N) is 5. The highest BCUT2D eigenvalue weighted by Crippen LogP contribution is 2.23. The molecular weight excluding hydrogens is 270 g/mol. The first-order valence-electron chi connectivity index (χ1n) is 7.47. The Morgan fingerprint density at radius 1 is 1.10 bits per heavy atom. The molecule has 0 N–H and O–H groups in total. The van der Waals surface area contributed by atoms with E-state index in [9.17, 15) is 9.59 Å². The molecule has 1 aliphatic rings. The summed E-state index contributed by atoms with van der Waals surface area (Å²) in [4.78, 5) is 31.4. The standard InChI is InChI=1S/C14H21N5O2/c1-4-7-19-10-11(15-13(19)18-8-5-6-9-18)16(2)14(21)17(3)12(10)20/h4-9H2,1-3H3. The molecule has 2 aromatic rings. The van der Waals surface area contributed by atoms with Gasteiger partial charge in [-0.3, -0.25) is 13.9 Å². The number of fused-ring (bicyclic) bond motifs is 1. The zero-order chi connectivity index (χ0) is 15.1. The third-order valence-corrected chi connectivity index (χ3v) is 4.16. The highest BCUT2D eigenvalue weighted by atomic mass is 16.2. The largest absolute Gasteiger partial charge is 0.342 e. The highest BCUT2D eigenvalue weighted by Gasteiger charge is 2.23. The summed E-state index contributed by atoms with van der Waals surface area (Å²) in [5, 5.41) is 0. The molecule has 0 bridgehead atoms. The smallest absolute Gasteiger partial charge is 0.332 e. The van der Waals surface area contributed by atoms with Crippen LogP contribution in [0.15, 0.2) is 9.59 Å². The van der Waals surface area contributed by atoms with Crippen molar-refractivity contribution in [1.29, 1.82) is 0 Å². The van der Waals surface area contributed by atoms with Crippen LogP contribution in [0.2, 0.25) is 0 Å². The van der Waals surface area contributed by atoms with E-state index in [4.69, 9.17) is 0 Å². The first kappa shape index (κ1) is 13.9. The Balaban J connectivity index is 2.37. The molecule has 0 aliphatic carbocycles. The fourth-order valence-electron chi connectivity index (χ4n) is 3.03. The molecule has 0 amide bonds. The van der Waals surface area contributed by atoms with Crippen LogP contribution in [0.3, 0.4) is 0 Å². The van der Waals surface area contributed by atoms with E-state index in [1.807, 2.05) is 4.57 Å². The summed E-state index contributed by atoms with van der Waals surface area (Å²) < 4.78 is 4.59. The number of rotatable bonds is 3. The lowest BCUT2D eigenvalue weighted by atomic mass is 10.4. The SMILES string of the molecule is CCCn1c(N2CCCC2)nc2c1c(=O)n(C)c(=O)n2C. The molecule has 3 rings (SSSR count). The van der Waals surface area contributed by atoms with Gasteiger partial charge in [-0.1, -0.05) is 6.92 Å². The minimum Gasteiger partial charge on any atom is -0.342 e. The van der Waals surface area contributed by atoms with Gasteiger partial charge in [-0.2, -0.15) is 4.98 Å². The maximum atomic E-state index is 12.5. The third-order valence-electron chi connectivity index (χ3n) is 4.16. The maximum absolute atomic E-state index is 12.5. The zero-order valence-electron chi connectivity index (χ0n) is 12.8. The average molecular weight is 291 g/mol. The summed E-state index contributed by atoms with van der Waals surface area (Å²) >= 11 is 0. The van der Waals surface area contributed by atoms with Crippen LogP contribution in [-0.2, 0) is 20.6 Å². The Bertz CT molecular complexity index is 792. The molecule has 3 heterocycles. The van der Waals surface area contributed by atoms with Gasteiger partial charge in [0.15, 0.2) is 11.2 Å². The van der Waals surface area contributed by atoms with E-state index >= 15 is 0 Å². The first-order chi connectivity index (χ1) is 10.1. The molecule has 0 unspecified atom stereocenters. The van der Waals surface area contributed by atoms with Gasteiger partial charge in [-0.05, 0) is 19.3 Å². The van der Waals surface area contributed by atoms with Gasteiger partial charge in [0, 0.05) is 33.7 Å². The van der Waals surface area contributed by atoms with Gasteiger partial charge >= 0.3 is 5.69 Å². The average Bonchev–Trinajstić information content (AvgIpc) is 3.10. The molecule has 7 nitrogen and oxygen atoms in total. The van der Waals surface area contributed by atoms with Crippen LogP contribution in [0, 0.1) is 0 Å². The number of imidazole rings is 1. The molecule has 0 saturated carbocycles. The van der Waals surface area contributed by atoms with Crippen molar-refractivity contribution in [2.24, 2.45) is 14.1 Å². The Labute approximate surface area is 122 Å². The molecule has 0 spiro atoms. The van der Waals surface area contributed by atoms with Crippen LogP contribution >= 0.6 is 0 Å². The number of hydrogen-bond donors (Lipinski definition) is 0. The molecule has 2 aromatic heterocycles. The minimum absolute atomic E-state index is 0.264. The normalized spacial score (nSPS) is 15.3. The van der Waals surface area contributed by atoms with Crippen molar-refractivity contribution in [1.82, 2.24) is 18.7 Å². The number of anilines is 1. The van der Waals surface area contributed by atoms with Gasteiger partial charge in [0.1, 0.15) is 0 Å². The molecule has 21 heavy (non-hydrogen) atoms. The molecule has 1 aliphatic heterocycles. The summed E-state index contributed by atoms with van der Waals surface area (Å²) in [7, 11) is 3.18. The maximum Gasteiger partial charge on any atom is 0.332 e. The van der Waals surface area contributed by atoms with E-state index < -0.39 is 0 Å². The van der Waals surface area contributed by atoms with Crippen LogP contribution in [0.1, 0.15) is 26.2 Å². The summed E-state index contributed by atoms with van der Waals surface area (Å²) in [5.74, 6) is 0.822. The van der Waals surface area contributed by atoms with Crippen molar-refractivity contribution in [3.63, 3.8) is 0 Å². The number of aryl methyl sites for hydroxylation is 2. The van der Waals surface area contributed by atoms with Gasteiger partial charge in [0.2, 0.25) is 5.95 Å². The topological polar surface area (TPSA) is 65.1 Å². The quantitative estimate of drug-likeness (QED) is 0.823. The Morgan fingerprint density at radius 3 is 2.38 bits per heavy atom. The summed E-state index contributed by atoms with van der Waals surface area (Å²) in [6.07, 6.45) is 3.21. The van der Waals surface area contributed by atoms with Gasteiger partial charge in [0.05, 0.1) is 0 Å². The second kappa shape index (κ2) is 5.05. The van der Waals surface area contributed by atoms with E-state index in [-0.39, 0.29) is 11.2 Å². The van der Waals surface area contributed by atoms with Crippen LogP contribution < -0.4 is 16.1 Å². The summed E-state index contributed by atoms with van der Waals surface area (Å²) in [5.41, 5.74) is 0.419. The van der Waals surface area contributed by atoms with Gasteiger partial charge in [-0.25, -0.2) is 4.79 Å². The molecule has 114 valence electrons. The minimum atomic E-state index is -0.332. The van der Waals surface area contributed by atoms with Crippen LogP contribution in [0.25, 0.3) is 11.2 Å². The van der Waals surface area contributed by atoms with Crippen molar-refractivity contribution in [3.8, 4) is 0 Å². The monoisotopic (exact) mass is 291 g/mol. The molecule has 0 atom stereocenters. The predicted molar refractivity (Wildman–Crippen MR) is 82.0 cm³/mol. The summed E-state index contributed by atoms with van der Waals surface area (Å²) in [6.45, 7) is 4.73. The Morgan fingerprint density at radius 2 is 1.76 bits per heavy atom. The molecule has 7 heteroatoms. The van der Waals surface area contributed by atoms with E-state index in [1.54, 1.807) is 7.05 Å².